The predicted molar refractivity (Wildman–Crippen MR) is 178 cm³/mol. The zero-order valence-electron chi connectivity index (χ0n) is 27.0. The number of amides is 1. The van der Waals surface area contributed by atoms with E-state index in [1.807, 2.05) is 42.5 Å². The summed E-state index contributed by atoms with van der Waals surface area (Å²) >= 11 is 0. The van der Waals surface area contributed by atoms with Crippen molar-refractivity contribution in [1.29, 1.82) is 5.26 Å². The van der Waals surface area contributed by atoms with Crippen LogP contribution in [0, 0.1) is 40.9 Å². The van der Waals surface area contributed by atoms with Crippen molar-refractivity contribution < 1.29 is 17.9 Å². The third kappa shape index (κ3) is 5.70. The molecule has 0 radical (unpaired) electrons. The van der Waals surface area contributed by atoms with Crippen molar-refractivity contribution in [3.05, 3.63) is 60.2 Å². The lowest BCUT2D eigenvalue weighted by molar-refractivity contribution is 0.0939. The molecule has 0 aromatic heterocycles. The third-order valence-electron chi connectivity index (χ3n) is 12.3. The molecule has 2 aromatic rings. The molecule has 2 saturated heterocycles. The fraction of sp³-hybridized carbons (Fsp3) is 0.622. The van der Waals surface area contributed by atoms with Gasteiger partial charge in [0.2, 0.25) is 0 Å². The number of piperidine rings is 1. The van der Waals surface area contributed by atoms with Gasteiger partial charge in [-0.05, 0) is 106 Å². The molecule has 0 spiro atoms. The molecule has 46 heavy (non-hydrogen) atoms. The van der Waals surface area contributed by atoms with E-state index in [9.17, 15) is 18.5 Å². The van der Waals surface area contributed by atoms with Gasteiger partial charge in [-0.2, -0.15) is 5.26 Å². The van der Waals surface area contributed by atoms with E-state index in [0.29, 0.717) is 22.6 Å². The third-order valence-corrected chi connectivity index (χ3v) is 14.6. The van der Waals surface area contributed by atoms with Crippen LogP contribution in [0.1, 0.15) is 63.4 Å². The van der Waals surface area contributed by atoms with Crippen molar-refractivity contribution in [2.75, 3.05) is 44.7 Å². The lowest BCUT2D eigenvalue weighted by Gasteiger charge is -2.48. The monoisotopic (exact) mass is 644 g/mol. The Morgan fingerprint density at radius 1 is 0.978 bits per heavy atom. The van der Waals surface area contributed by atoms with Crippen LogP contribution in [0.4, 0.5) is 10.5 Å². The van der Waals surface area contributed by atoms with E-state index in [1.165, 1.54) is 13.5 Å². The summed E-state index contributed by atoms with van der Waals surface area (Å²) in [6, 6.07) is 20.7. The molecule has 8 nitrogen and oxygen atoms in total. The quantitative estimate of drug-likeness (QED) is 0.369. The van der Waals surface area contributed by atoms with Gasteiger partial charge in [-0.15, -0.1) is 0 Å². The van der Waals surface area contributed by atoms with Crippen LogP contribution >= 0.6 is 0 Å². The number of hydrogen-bond acceptors (Lipinski definition) is 7. The smallest absolute Gasteiger partial charge is 0.407 e. The van der Waals surface area contributed by atoms with Crippen molar-refractivity contribution in [1.82, 2.24) is 10.2 Å². The maximum absolute atomic E-state index is 13.3. The minimum Gasteiger partial charge on any atom is -0.453 e. The van der Waals surface area contributed by atoms with Gasteiger partial charge in [0.15, 0.2) is 9.84 Å². The van der Waals surface area contributed by atoms with Crippen LogP contribution in [0.25, 0.3) is 0 Å². The largest absolute Gasteiger partial charge is 0.453 e. The van der Waals surface area contributed by atoms with E-state index >= 15 is 0 Å². The van der Waals surface area contributed by atoms with Gasteiger partial charge in [-0.25, -0.2) is 13.2 Å². The number of nitrogens with one attached hydrogen (secondary N) is 1. The number of carbonyl (C=O) groups excluding carboxylic acids is 1. The lowest BCUT2D eigenvalue weighted by Crippen LogP contribution is -2.55. The first-order valence-corrected chi connectivity index (χ1v) is 19.0. The summed E-state index contributed by atoms with van der Waals surface area (Å²) in [5, 5.41) is 13.8. The predicted octanol–water partition coefficient (Wildman–Crippen LogP) is 5.78. The number of methoxy groups -OCH3 is 1. The molecular formula is C37H48N4O4S. The van der Waals surface area contributed by atoms with Gasteiger partial charge >= 0.3 is 6.09 Å². The highest BCUT2D eigenvalue weighted by molar-refractivity contribution is 7.92. The van der Waals surface area contributed by atoms with Gasteiger partial charge < -0.3 is 19.9 Å². The number of rotatable bonds is 9. The number of sulfone groups is 1. The van der Waals surface area contributed by atoms with Gasteiger partial charge in [0.1, 0.15) is 0 Å². The van der Waals surface area contributed by atoms with E-state index in [-0.39, 0.29) is 23.1 Å². The van der Waals surface area contributed by atoms with Gasteiger partial charge in [0.05, 0.1) is 28.7 Å². The van der Waals surface area contributed by atoms with E-state index in [0.717, 1.165) is 95.3 Å². The molecule has 1 N–H and O–H groups in total. The molecule has 2 bridgehead atoms. The number of carbonyl (C=O) groups is 1. The van der Waals surface area contributed by atoms with E-state index in [2.05, 4.69) is 33.3 Å². The number of benzene rings is 2. The minimum atomic E-state index is -3.25. The highest BCUT2D eigenvalue weighted by Gasteiger charge is 2.53. The van der Waals surface area contributed by atoms with Crippen molar-refractivity contribution in [2.24, 2.45) is 29.6 Å². The Balaban J connectivity index is 0.953. The molecule has 2 heterocycles. The van der Waals surface area contributed by atoms with E-state index in [4.69, 9.17) is 4.74 Å². The summed E-state index contributed by atoms with van der Waals surface area (Å²) in [7, 11) is -1.85. The summed E-state index contributed by atoms with van der Waals surface area (Å²) in [5.41, 5.74) is 1.53. The van der Waals surface area contributed by atoms with Crippen LogP contribution in [0.3, 0.4) is 0 Å². The van der Waals surface area contributed by atoms with Crippen LogP contribution in [-0.2, 0) is 20.0 Å². The molecule has 5 aliphatic rings. The molecule has 5 unspecified atom stereocenters. The Hall–Kier alpha value is -3.09. The number of nitriles is 1. The van der Waals surface area contributed by atoms with Gasteiger partial charge in [0, 0.05) is 43.2 Å². The Morgan fingerprint density at radius 2 is 1.72 bits per heavy atom. The normalized spacial score (nSPS) is 30.0. The molecule has 3 saturated carbocycles. The summed E-state index contributed by atoms with van der Waals surface area (Å²) in [5.74, 6) is 1.81. The molecule has 9 heteroatoms. The average Bonchev–Trinajstić information content (AvgIpc) is 3.83. The maximum Gasteiger partial charge on any atom is 0.407 e. The van der Waals surface area contributed by atoms with Crippen molar-refractivity contribution in [3.8, 4) is 6.07 Å². The van der Waals surface area contributed by atoms with Crippen LogP contribution in [0.15, 0.2) is 59.5 Å². The van der Waals surface area contributed by atoms with Crippen LogP contribution in [0.2, 0.25) is 0 Å². The zero-order chi connectivity index (χ0) is 31.9. The SMILES string of the molecule is COC(=O)N[C@H]1CCCC1C(C#N)(c1ccccc1)C1CCN(CC2CN(c3ccc(S(=O)(=O)C4CC5CCC4C5)cc3)C2)CC1. The molecule has 3 aliphatic carbocycles. The second-order valence-corrected chi connectivity index (χ2v) is 16.9. The van der Waals surface area contributed by atoms with Crippen LogP contribution in [0.5, 0.6) is 0 Å². The summed E-state index contributed by atoms with van der Waals surface area (Å²) in [6.45, 7) is 4.94. The Bertz CT molecular complexity index is 1530. The molecule has 2 aliphatic heterocycles. The number of fused-ring (bicyclic) bond motifs is 2. The molecular weight excluding hydrogens is 596 g/mol. The Labute approximate surface area is 274 Å². The van der Waals surface area contributed by atoms with E-state index in [1.54, 1.807) is 0 Å². The summed E-state index contributed by atoms with van der Waals surface area (Å²) < 4.78 is 31.6. The number of ether oxygens (including phenoxy) is 1. The summed E-state index contributed by atoms with van der Waals surface area (Å²) in [6.07, 6.45) is 8.49. The van der Waals surface area contributed by atoms with Crippen LogP contribution in [-0.4, -0.2) is 70.5 Å². The van der Waals surface area contributed by atoms with Crippen molar-refractivity contribution in [3.63, 3.8) is 0 Å². The molecule has 7 rings (SSSR count). The number of hydrogen-bond donors (Lipinski definition) is 1. The molecule has 246 valence electrons. The van der Waals surface area contributed by atoms with Crippen LogP contribution < -0.4 is 10.2 Å². The fourth-order valence-corrected chi connectivity index (χ4v) is 12.2. The number of anilines is 1. The maximum atomic E-state index is 13.3. The first kappa shape index (κ1) is 31.5. The Morgan fingerprint density at radius 3 is 2.35 bits per heavy atom. The number of nitrogens with zero attached hydrogens (tertiary/aromatic N) is 3. The second-order valence-electron chi connectivity index (χ2n) is 14.7. The Kier molecular flexibility index (Phi) is 8.79. The molecule has 6 atom stereocenters. The average molecular weight is 645 g/mol. The van der Waals surface area contributed by atoms with E-state index < -0.39 is 21.3 Å². The standard InChI is InChI=1S/C37H48N4O4S/c1-45-36(42)39-34-9-5-8-33(34)37(25-38,29-6-3-2-4-7-29)30-16-18-40(19-17-30)22-27-23-41(24-27)31-12-14-32(15-13-31)46(43,44)35-21-26-10-11-28(35)20-26/h2-4,6-7,12-15,26-28,30,33-35H,5,8-11,16-24H2,1H3,(H,39,42)/t26?,28?,33?,34-,35?,37?/m0/s1. The molecule has 5 fully saturated rings. The topological polar surface area (TPSA) is 103 Å². The lowest BCUT2D eigenvalue weighted by atomic mass is 9.59. The second kappa shape index (κ2) is 12.8. The van der Waals surface area contributed by atoms with Crippen molar-refractivity contribution in [2.45, 2.75) is 79.4 Å². The number of likely N-dealkylation sites (tertiary alicyclic amines) is 1. The zero-order valence-corrected chi connectivity index (χ0v) is 27.8. The highest BCUT2D eigenvalue weighted by Crippen LogP contribution is 2.51. The first-order valence-electron chi connectivity index (χ1n) is 17.4. The van der Waals surface area contributed by atoms with Gasteiger partial charge in [-0.1, -0.05) is 43.2 Å². The summed E-state index contributed by atoms with van der Waals surface area (Å²) in [4.78, 5) is 17.6. The minimum absolute atomic E-state index is 0.0467. The molecule has 1 amide bonds. The van der Waals surface area contributed by atoms with Crippen molar-refractivity contribution >= 4 is 21.6 Å². The highest BCUT2D eigenvalue weighted by atomic mass is 32.2. The fourth-order valence-electron chi connectivity index (χ4n) is 10.0. The first-order chi connectivity index (χ1) is 22.3. The van der Waals surface area contributed by atoms with Gasteiger partial charge in [-0.3, -0.25) is 0 Å². The molecule has 2 aromatic carbocycles. The van der Waals surface area contributed by atoms with Gasteiger partial charge in [0.25, 0.3) is 0 Å². The number of alkyl carbamates (subject to hydrolysis) is 1.